The molecular formula is C46H51Cl3N6O6S. The maximum Gasteiger partial charge on any atom is 0.268 e. The summed E-state index contributed by atoms with van der Waals surface area (Å²) in [5.41, 5.74) is 5.11. The van der Waals surface area contributed by atoms with E-state index in [2.05, 4.69) is 55.7 Å². The van der Waals surface area contributed by atoms with E-state index in [4.69, 9.17) is 44.3 Å². The Labute approximate surface area is 377 Å². The first-order chi connectivity index (χ1) is 29.5. The first-order valence-corrected chi connectivity index (χ1v) is 23.6. The number of aromatic amines is 1. The number of halogens is 3. The molecule has 0 atom stereocenters. The SMILES string of the molecule is CC1(C)CCC(CN2CCN(c3ccc(C(=O)NS(=O)(=O)c4cnc(OC[C@H]5CC[C@@](C)(O)CC5)c(Cl)c4)c(Oc4cccc5[nH]nc(Cl)c45)c3)CC2)=C(c2ccc(Cl)cc2)C1. The van der Waals surface area contributed by atoms with E-state index in [1.54, 1.807) is 36.4 Å². The molecule has 0 bridgehead atoms. The lowest BCUT2D eigenvalue weighted by atomic mass is 9.72. The van der Waals surface area contributed by atoms with Gasteiger partial charge in [0.15, 0.2) is 5.15 Å². The maximum atomic E-state index is 14.0. The number of sulfonamides is 1. The summed E-state index contributed by atoms with van der Waals surface area (Å²) in [4.78, 5) is 22.6. The van der Waals surface area contributed by atoms with Crippen molar-refractivity contribution >= 4 is 72.9 Å². The number of hydrogen-bond acceptors (Lipinski definition) is 10. The summed E-state index contributed by atoms with van der Waals surface area (Å²) in [5.74, 6) is -0.135. The number of pyridine rings is 1. The van der Waals surface area contributed by atoms with Crippen LogP contribution in [0.4, 0.5) is 5.69 Å². The Kier molecular flexibility index (Phi) is 12.9. The van der Waals surface area contributed by atoms with Crippen molar-refractivity contribution in [3.05, 3.63) is 105 Å². The van der Waals surface area contributed by atoms with Gasteiger partial charge in [-0.1, -0.05) is 72.4 Å². The second-order valence-corrected chi connectivity index (χ2v) is 20.7. The molecule has 1 saturated carbocycles. The predicted molar refractivity (Wildman–Crippen MR) is 244 cm³/mol. The molecule has 0 radical (unpaired) electrons. The van der Waals surface area contributed by atoms with Gasteiger partial charge in [-0.15, -0.1) is 0 Å². The number of fused-ring (bicyclic) bond motifs is 1. The highest BCUT2D eigenvalue weighted by Gasteiger charge is 2.32. The molecule has 0 unspecified atom stereocenters. The number of nitrogens with zero attached hydrogens (tertiary/aromatic N) is 4. The van der Waals surface area contributed by atoms with Gasteiger partial charge in [-0.05, 0) is 117 Å². The number of carbonyl (C=O) groups is 1. The first kappa shape index (κ1) is 44.2. The molecule has 328 valence electrons. The Hall–Kier alpha value is -4.37. The van der Waals surface area contributed by atoms with Crippen molar-refractivity contribution in [1.29, 1.82) is 0 Å². The second-order valence-electron chi connectivity index (χ2n) is 17.8. The summed E-state index contributed by atoms with van der Waals surface area (Å²) in [6, 6.07) is 19.8. The number of aliphatic hydroxyl groups is 1. The highest BCUT2D eigenvalue weighted by atomic mass is 35.5. The molecule has 1 amide bonds. The summed E-state index contributed by atoms with van der Waals surface area (Å²) < 4.78 is 41.8. The van der Waals surface area contributed by atoms with Crippen LogP contribution in [0.3, 0.4) is 0 Å². The number of ether oxygens (including phenoxy) is 2. The molecule has 8 rings (SSSR count). The molecule has 0 spiro atoms. The van der Waals surface area contributed by atoms with Crippen molar-refractivity contribution < 1.29 is 27.8 Å². The van der Waals surface area contributed by atoms with Gasteiger partial charge in [0.1, 0.15) is 21.4 Å². The molecule has 1 saturated heterocycles. The van der Waals surface area contributed by atoms with E-state index in [0.29, 0.717) is 36.1 Å². The average molecular weight is 922 g/mol. The molecule has 3 heterocycles. The minimum Gasteiger partial charge on any atom is -0.476 e. The lowest BCUT2D eigenvalue weighted by Crippen LogP contribution is -2.47. The summed E-state index contributed by atoms with van der Waals surface area (Å²) in [5, 5.41) is 18.7. The number of nitrogens with one attached hydrogen (secondary N) is 2. The number of hydrogen-bond donors (Lipinski definition) is 3. The average Bonchev–Trinajstić information content (AvgIpc) is 3.62. The summed E-state index contributed by atoms with van der Waals surface area (Å²) in [6.07, 6.45) is 7.24. The van der Waals surface area contributed by atoms with Crippen LogP contribution in [0, 0.1) is 11.3 Å². The predicted octanol–water partition coefficient (Wildman–Crippen LogP) is 9.93. The van der Waals surface area contributed by atoms with Crippen molar-refractivity contribution in [2.45, 2.75) is 76.2 Å². The number of rotatable bonds is 12. The molecule has 2 aliphatic carbocycles. The third-order valence-electron chi connectivity index (χ3n) is 12.4. The van der Waals surface area contributed by atoms with Crippen LogP contribution in [-0.2, 0) is 10.0 Å². The van der Waals surface area contributed by atoms with E-state index >= 15 is 0 Å². The largest absolute Gasteiger partial charge is 0.476 e. The molecule has 3 N–H and O–H groups in total. The first-order valence-electron chi connectivity index (χ1n) is 21.0. The molecule has 2 aromatic heterocycles. The standard InChI is InChI=1S/C46H51Cl3N6O6S/c1-45(2)16-15-31(36(25-45)30-7-9-32(47)10-8-30)27-54-19-21-55(22-20-54)33-11-12-35(40(23-33)61-39-6-4-5-38-41(39)42(49)52-51-38)43(56)53-62(58,59)34-24-37(48)44(50-26-34)60-28-29-13-17-46(3,57)18-14-29/h4-12,23-24,26,29,57H,13-22,25,27-28H2,1-3H3,(H,51,52)(H,53,56)/t29-,46+. The fourth-order valence-corrected chi connectivity index (χ4v) is 10.2. The quantitative estimate of drug-likeness (QED) is 0.110. The van der Waals surface area contributed by atoms with Gasteiger partial charge in [0.2, 0.25) is 5.88 Å². The minimum absolute atomic E-state index is 0.0110. The van der Waals surface area contributed by atoms with Crippen LogP contribution in [0.5, 0.6) is 17.4 Å². The van der Waals surface area contributed by atoms with Crippen molar-refractivity contribution in [2.24, 2.45) is 11.3 Å². The molecule has 5 aromatic rings. The second kappa shape index (κ2) is 18.0. The topological polar surface area (TPSA) is 150 Å². The highest BCUT2D eigenvalue weighted by molar-refractivity contribution is 7.90. The van der Waals surface area contributed by atoms with Crippen molar-refractivity contribution in [3.63, 3.8) is 0 Å². The van der Waals surface area contributed by atoms with Gasteiger partial charge in [-0.3, -0.25) is 14.8 Å². The van der Waals surface area contributed by atoms with E-state index in [-0.39, 0.29) is 43.6 Å². The van der Waals surface area contributed by atoms with E-state index in [0.717, 1.165) is 81.7 Å². The van der Waals surface area contributed by atoms with Crippen molar-refractivity contribution in [3.8, 4) is 17.4 Å². The number of benzene rings is 3. The Balaban J connectivity index is 0.993. The third-order valence-corrected chi connectivity index (χ3v) is 14.5. The van der Waals surface area contributed by atoms with E-state index in [1.165, 1.54) is 22.8 Å². The van der Waals surface area contributed by atoms with E-state index in [9.17, 15) is 18.3 Å². The molecule has 2 fully saturated rings. The molecule has 16 heteroatoms. The summed E-state index contributed by atoms with van der Waals surface area (Å²) in [7, 11) is -4.44. The third kappa shape index (κ3) is 10.2. The number of piperazine rings is 1. The Bertz CT molecular complexity index is 2600. The number of carbonyl (C=O) groups excluding carboxylic acids is 1. The van der Waals surface area contributed by atoms with E-state index < -0.39 is 21.5 Å². The zero-order chi connectivity index (χ0) is 43.8. The summed E-state index contributed by atoms with van der Waals surface area (Å²) in [6.45, 7) is 10.8. The van der Waals surface area contributed by atoms with E-state index in [1.807, 2.05) is 19.1 Å². The molecule has 3 aliphatic rings. The van der Waals surface area contributed by atoms with Gasteiger partial charge in [-0.2, -0.15) is 5.10 Å². The smallest absolute Gasteiger partial charge is 0.268 e. The van der Waals surface area contributed by atoms with Crippen LogP contribution in [0.25, 0.3) is 16.5 Å². The Morgan fingerprint density at radius 2 is 1.69 bits per heavy atom. The molecule has 3 aromatic carbocycles. The van der Waals surface area contributed by atoms with Gasteiger partial charge in [-0.25, -0.2) is 18.1 Å². The van der Waals surface area contributed by atoms with Gasteiger partial charge in [0.25, 0.3) is 15.9 Å². The van der Waals surface area contributed by atoms with Crippen LogP contribution < -0.4 is 19.1 Å². The normalized spacial score (nSPS) is 21.0. The number of allylic oxidation sites excluding steroid dienone is 1. The molecule has 1 aliphatic heterocycles. The van der Waals surface area contributed by atoms with Crippen LogP contribution in [-0.4, -0.2) is 84.4 Å². The summed E-state index contributed by atoms with van der Waals surface area (Å²) >= 11 is 19.2. The lowest BCUT2D eigenvalue weighted by Gasteiger charge is -2.39. The fourth-order valence-electron chi connectivity index (χ4n) is 8.64. The van der Waals surface area contributed by atoms with Crippen LogP contribution in [0.15, 0.2) is 83.4 Å². The molecular weight excluding hydrogens is 871 g/mol. The van der Waals surface area contributed by atoms with Gasteiger partial charge >= 0.3 is 0 Å². The Morgan fingerprint density at radius 1 is 0.952 bits per heavy atom. The number of H-pyrrole nitrogens is 1. The zero-order valence-electron chi connectivity index (χ0n) is 35.0. The monoisotopic (exact) mass is 920 g/mol. The molecule has 12 nitrogen and oxygen atoms in total. The zero-order valence-corrected chi connectivity index (χ0v) is 38.1. The van der Waals surface area contributed by atoms with Gasteiger partial charge in [0.05, 0.1) is 34.9 Å². The van der Waals surface area contributed by atoms with Crippen LogP contribution >= 0.6 is 34.8 Å². The van der Waals surface area contributed by atoms with Gasteiger partial charge in [0, 0.05) is 49.5 Å². The lowest BCUT2D eigenvalue weighted by molar-refractivity contribution is 0.00127. The van der Waals surface area contributed by atoms with Crippen molar-refractivity contribution in [1.82, 2.24) is 24.8 Å². The van der Waals surface area contributed by atoms with Crippen molar-refractivity contribution in [2.75, 3.05) is 44.2 Å². The fraction of sp³-hybridized carbons (Fsp3) is 0.413. The van der Waals surface area contributed by atoms with Crippen LogP contribution in [0.2, 0.25) is 15.2 Å². The number of aromatic nitrogens is 3. The van der Waals surface area contributed by atoms with Crippen LogP contribution in [0.1, 0.15) is 81.6 Å². The number of amides is 1. The maximum absolute atomic E-state index is 14.0. The Morgan fingerprint density at radius 3 is 2.42 bits per heavy atom. The van der Waals surface area contributed by atoms with Gasteiger partial charge < -0.3 is 19.5 Å². The highest BCUT2D eigenvalue weighted by Crippen LogP contribution is 2.44. The molecule has 62 heavy (non-hydrogen) atoms. The minimum atomic E-state index is -4.44. The number of anilines is 1.